The Kier molecular flexibility index (Phi) is 3.75. The Morgan fingerprint density at radius 2 is 2.10 bits per heavy atom. The number of alkyl halides is 1. The van der Waals surface area contributed by atoms with Crippen molar-refractivity contribution >= 4 is 15.9 Å². The summed E-state index contributed by atoms with van der Waals surface area (Å²) in [4.78, 5) is 0. The van der Waals surface area contributed by atoms with E-state index in [2.05, 4.69) is 22.9 Å². The molecule has 10 heavy (non-hydrogen) atoms. The lowest BCUT2D eigenvalue weighted by molar-refractivity contribution is 0.452. The van der Waals surface area contributed by atoms with Crippen molar-refractivity contribution in [3.05, 3.63) is 0 Å². The summed E-state index contributed by atoms with van der Waals surface area (Å²) in [6.45, 7) is 2.41. The highest BCUT2D eigenvalue weighted by atomic mass is 79.9. The lowest BCUT2D eigenvalue weighted by Crippen LogP contribution is -1.96. The van der Waals surface area contributed by atoms with Crippen molar-refractivity contribution in [1.29, 1.82) is 0 Å². The van der Waals surface area contributed by atoms with E-state index < -0.39 is 0 Å². The Hall–Kier alpha value is 0.480. The van der Waals surface area contributed by atoms with Gasteiger partial charge in [-0.1, -0.05) is 35.7 Å². The van der Waals surface area contributed by atoms with Gasteiger partial charge in [0.1, 0.15) is 0 Å². The third-order valence-electron chi connectivity index (χ3n) is 2.47. The highest BCUT2D eigenvalue weighted by Gasteiger charge is 2.26. The molecule has 1 saturated carbocycles. The molecule has 0 aromatic carbocycles. The molecule has 0 aliphatic heterocycles. The maximum absolute atomic E-state index is 3.45. The van der Waals surface area contributed by atoms with Gasteiger partial charge >= 0.3 is 0 Å². The van der Waals surface area contributed by atoms with Crippen LogP contribution in [0.3, 0.4) is 0 Å². The van der Waals surface area contributed by atoms with Gasteiger partial charge < -0.3 is 0 Å². The van der Waals surface area contributed by atoms with E-state index in [1.807, 2.05) is 0 Å². The third kappa shape index (κ3) is 3.05. The molecular formula is C9H17Br. The normalized spacial score (nSPS) is 21.0. The molecule has 0 spiro atoms. The van der Waals surface area contributed by atoms with Crippen molar-refractivity contribution < 1.29 is 0 Å². The largest absolute Gasteiger partial charge is 0.0928 e. The number of unbranched alkanes of at least 4 members (excludes halogenated alkanes) is 1. The summed E-state index contributed by atoms with van der Waals surface area (Å²) in [6.07, 6.45) is 7.25. The van der Waals surface area contributed by atoms with Crippen LogP contribution in [0.15, 0.2) is 0 Å². The summed E-state index contributed by atoms with van der Waals surface area (Å²) >= 11 is 3.45. The summed E-state index contributed by atoms with van der Waals surface area (Å²) in [5.74, 6) is 2.12. The van der Waals surface area contributed by atoms with E-state index in [0.29, 0.717) is 0 Å². The van der Waals surface area contributed by atoms with Gasteiger partial charge in [-0.25, -0.2) is 0 Å². The second kappa shape index (κ2) is 4.38. The van der Waals surface area contributed by atoms with Crippen LogP contribution in [0.5, 0.6) is 0 Å². The Labute approximate surface area is 72.5 Å². The minimum absolute atomic E-state index is 1.01. The number of halogens is 1. The molecule has 1 unspecified atom stereocenters. The van der Waals surface area contributed by atoms with Crippen LogP contribution in [-0.4, -0.2) is 5.33 Å². The van der Waals surface area contributed by atoms with Gasteiger partial charge in [0.05, 0.1) is 0 Å². The van der Waals surface area contributed by atoms with E-state index in [4.69, 9.17) is 0 Å². The molecule has 0 aromatic heterocycles. The molecule has 60 valence electrons. The lowest BCUT2D eigenvalue weighted by Gasteiger charge is -2.07. The van der Waals surface area contributed by atoms with Crippen molar-refractivity contribution in [3.63, 3.8) is 0 Å². The summed E-state index contributed by atoms with van der Waals surface area (Å²) < 4.78 is 0. The fourth-order valence-electron chi connectivity index (χ4n) is 1.46. The topological polar surface area (TPSA) is 0 Å². The standard InChI is InChI=1S/C9H17Br/c1-8(9-5-6-9)4-2-3-7-10/h8-9H,2-7H2,1H3. The summed E-state index contributed by atoms with van der Waals surface area (Å²) in [5.41, 5.74) is 0. The predicted molar refractivity (Wildman–Crippen MR) is 49.5 cm³/mol. The molecule has 1 rings (SSSR count). The number of hydrogen-bond acceptors (Lipinski definition) is 0. The predicted octanol–water partition coefficient (Wildman–Crippen LogP) is 3.60. The van der Waals surface area contributed by atoms with E-state index in [0.717, 1.165) is 11.8 Å². The molecule has 1 aliphatic rings. The highest BCUT2D eigenvalue weighted by Crippen LogP contribution is 2.38. The summed E-state index contributed by atoms with van der Waals surface area (Å²) in [7, 11) is 0. The van der Waals surface area contributed by atoms with Crippen molar-refractivity contribution in [3.8, 4) is 0 Å². The molecule has 1 aliphatic carbocycles. The van der Waals surface area contributed by atoms with Gasteiger partial charge in [0, 0.05) is 5.33 Å². The molecule has 1 fully saturated rings. The van der Waals surface area contributed by atoms with Crippen molar-refractivity contribution in [2.75, 3.05) is 5.33 Å². The minimum atomic E-state index is 1.01. The quantitative estimate of drug-likeness (QED) is 0.475. The van der Waals surface area contributed by atoms with Crippen molar-refractivity contribution in [2.45, 2.75) is 39.0 Å². The first-order valence-electron chi connectivity index (χ1n) is 4.40. The minimum Gasteiger partial charge on any atom is -0.0928 e. The van der Waals surface area contributed by atoms with Crippen LogP contribution in [0.25, 0.3) is 0 Å². The molecule has 0 nitrogen and oxygen atoms in total. The molecule has 1 atom stereocenters. The number of hydrogen-bond donors (Lipinski definition) is 0. The SMILES string of the molecule is CC(CCCCBr)C1CC1. The Morgan fingerprint density at radius 3 is 2.60 bits per heavy atom. The second-order valence-electron chi connectivity index (χ2n) is 3.50. The van der Waals surface area contributed by atoms with Gasteiger partial charge in [-0.3, -0.25) is 0 Å². The van der Waals surface area contributed by atoms with Crippen molar-refractivity contribution in [1.82, 2.24) is 0 Å². The number of rotatable bonds is 5. The molecule has 0 radical (unpaired) electrons. The molecule has 0 bridgehead atoms. The van der Waals surface area contributed by atoms with E-state index in [9.17, 15) is 0 Å². The molecule has 0 N–H and O–H groups in total. The smallest absolute Gasteiger partial charge is 0.00313 e. The fourth-order valence-corrected chi connectivity index (χ4v) is 1.86. The first kappa shape index (κ1) is 8.58. The summed E-state index contributed by atoms with van der Waals surface area (Å²) in [6, 6.07) is 0. The van der Waals surface area contributed by atoms with Gasteiger partial charge in [0.25, 0.3) is 0 Å². The third-order valence-corrected chi connectivity index (χ3v) is 3.03. The van der Waals surface area contributed by atoms with Gasteiger partial charge in [0.15, 0.2) is 0 Å². The first-order chi connectivity index (χ1) is 4.84. The molecule has 0 heterocycles. The highest BCUT2D eigenvalue weighted by molar-refractivity contribution is 9.09. The zero-order valence-electron chi connectivity index (χ0n) is 6.78. The van der Waals surface area contributed by atoms with Gasteiger partial charge in [-0.05, 0) is 31.1 Å². The second-order valence-corrected chi connectivity index (χ2v) is 4.29. The zero-order chi connectivity index (χ0) is 7.40. The van der Waals surface area contributed by atoms with E-state index in [1.165, 1.54) is 37.4 Å². The molecule has 0 aromatic rings. The van der Waals surface area contributed by atoms with Crippen LogP contribution in [0.1, 0.15) is 39.0 Å². The van der Waals surface area contributed by atoms with Crippen molar-refractivity contribution in [2.24, 2.45) is 11.8 Å². The molecular weight excluding hydrogens is 188 g/mol. The van der Waals surface area contributed by atoms with Gasteiger partial charge in [0.2, 0.25) is 0 Å². The van der Waals surface area contributed by atoms with E-state index in [-0.39, 0.29) is 0 Å². The van der Waals surface area contributed by atoms with E-state index in [1.54, 1.807) is 0 Å². The average Bonchev–Trinajstić information content (AvgIpc) is 2.69. The zero-order valence-corrected chi connectivity index (χ0v) is 8.36. The van der Waals surface area contributed by atoms with Crippen LogP contribution in [-0.2, 0) is 0 Å². The van der Waals surface area contributed by atoms with Gasteiger partial charge in [-0.2, -0.15) is 0 Å². The molecule has 0 saturated heterocycles. The average molecular weight is 205 g/mol. The van der Waals surface area contributed by atoms with Crippen LogP contribution < -0.4 is 0 Å². The maximum atomic E-state index is 3.45. The van der Waals surface area contributed by atoms with E-state index >= 15 is 0 Å². The molecule has 1 heteroatoms. The Bertz CT molecular complexity index is 86.7. The monoisotopic (exact) mass is 204 g/mol. The Morgan fingerprint density at radius 1 is 1.40 bits per heavy atom. The maximum Gasteiger partial charge on any atom is 0.00313 e. The lowest BCUT2D eigenvalue weighted by atomic mass is 10.00. The first-order valence-corrected chi connectivity index (χ1v) is 5.52. The fraction of sp³-hybridized carbons (Fsp3) is 1.00. The Balaban J connectivity index is 1.90. The van der Waals surface area contributed by atoms with Crippen LogP contribution in [0, 0.1) is 11.8 Å². The van der Waals surface area contributed by atoms with Crippen LogP contribution in [0.4, 0.5) is 0 Å². The van der Waals surface area contributed by atoms with Crippen LogP contribution in [0.2, 0.25) is 0 Å². The molecule has 0 amide bonds. The summed E-state index contributed by atoms with van der Waals surface area (Å²) in [5, 5.41) is 1.18. The van der Waals surface area contributed by atoms with Gasteiger partial charge in [-0.15, -0.1) is 0 Å². The van der Waals surface area contributed by atoms with Crippen LogP contribution >= 0.6 is 15.9 Å².